The smallest absolute Gasteiger partial charge is 0.272 e. The predicted molar refractivity (Wildman–Crippen MR) is 133 cm³/mol. The van der Waals surface area contributed by atoms with Gasteiger partial charge in [0, 0.05) is 22.9 Å². The Morgan fingerprint density at radius 2 is 1.75 bits per heavy atom. The first kappa shape index (κ1) is 22.7. The fourth-order valence-electron chi connectivity index (χ4n) is 3.57. The summed E-state index contributed by atoms with van der Waals surface area (Å²) in [7, 11) is 0. The van der Waals surface area contributed by atoms with Gasteiger partial charge < -0.3 is 9.73 Å². The van der Waals surface area contributed by atoms with E-state index in [2.05, 4.69) is 36.1 Å². The lowest BCUT2D eigenvalue weighted by molar-refractivity contribution is -0.385. The van der Waals surface area contributed by atoms with Crippen molar-refractivity contribution in [3.8, 4) is 11.3 Å². The minimum absolute atomic E-state index is 0.0574. The van der Waals surface area contributed by atoms with Gasteiger partial charge in [0.2, 0.25) is 11.3 Å². The maximum absolute atomic E-state index is 11.1. The Morgan fingerprint density at radius 3 is 2.50 bits per heavy atom. The quantitative estimate of drug-likeness (QED) is 0.176. The number of hydrogen-bond acceptors (Lipinski definition) is 11. The molecule has 12 nitrogen and oxygen atoms in total. The standard InChI is InChI=1S/C24H20N8O4/c1-13-5-4-6-18(15(13)3)26-21-22(28-24-23(27-21)30-36-31-24)29-25-12-17-8-10-20(35-17)16-7-9-19(32(33)34)14(2)11-16/h4-12H,1-3H3,(H,26,27,30)(H,28,29,31)/b25-12+. The number of fused-ring (bicyclic) bond motifs is 1. The van der Waals surface area contributed by atoms with E-state index in [-0.39, 0.29) is 17.0 Å². The number of nitro benzene ring substituents is 1. The molecule has 0 saturated heterocycles. The Bertz CT molecular complexity index is 1620. The van der Waals surface area contributed by atoms with E-state index in [4.69, 9.17) is 9.05 Å². The third-order valence-electron chi connectivity index (χ3n) is 5.64. The number of hydrazone groups is 1. The lowest BCUT2D eigenvalue weighted by Crippen LogP contribution is -2.04. The highest BCUT2D eigenvalue weighted by atomic mass is 16.6. The molecular formula is C24H20N8O4. The van der Waals surface area contributed by atoms with Gasteiger partial charge in [-0.05, 0) is 72.5 Å². The molecule has 0 radical (unpaired) electrons. The Hall–Kier alpha value is -5.13. The normalized spacial score (nSPS) is 11.3. The SMILES string of the molecule is Cc1cc(-c2ccc(/C=N/Nc3nc4nonc4nc3Nc3cccc(C)c3C)o2)ccc1[N+](=O)[O-]. The van der Waals surface area contributed by atoms with Crippen molar-refractivity contribution in [2.75, 3.05) is 10.7 Å². The lowest BCUT2D eigenvalue weighted by atomic mass is 10.1. The molecule has 3 aromatic heterocycles. The first-order valence-corrected chi connectivity index (χ1v) is 10.9. The monoisotopic (exact) mass is 484 g/mol. The van der Waals surface area contributed by atoms with Crippen LogP contribution in [-0.2, 0) is 0 Å². The van der Waals surface area contributed by atoms with Crippen LogP contribution in [0.1, 0.15) is 22.5 Å². The van der Waals surface area contributed by atoms with Crippen LogP contribution in [0.3, 0.4) is 0 Å². The zero-order valence-corrected chi connectivity index (χ0v) is 19.5. The number of aromatic nitrogens is 4. The van der Waals surface area contributed by atoms with Crippen molar-refractivity contribution in [2.24, 2.45) is 5.10 Å². The number of nitro groups is 1. The maximum atomic E-state index is 11.1. The average molecular weight is 484 g/mol. The molecule has 5 aromatic rings. The number of benzene rings is 2. The summed E-state index contributed by atoms with van der Waals surface area (Å²) in [5.41, 5.74) is 7.73. The predicted octanol–water partition coefficient (Wildman–Crippen LogP) is 5.30. The van der Waals surface area contributed by atoms with Gasteiger partial charge in [-0.1, -0.05) is 12.1 Å². The minimum atomic E-state index is -0.413. The van der Waals surface area contributed by atoms with Gasteiger partial charge in [0.25, 0.3) is 5.69 Å². The van der Waals surface area contributed by atoms with Gasteiger partial charge in [0.05, 0.1) is 11.1 Å². The number of aryl methyl sites for hydroxylation is 2. The highest BCUT2D eigenvalue weighted by Gasteiger charge is 2.15. The van der Waals surface area contributed by atoms with Gasteiger partial charge in [-0.3, -0.25) is 15.5 Å². The van der Waals surface area contributed by atoms with Crippen LogP contribution in [-0.4, -0.2) is 31.4 Å². The van der Waals surface area contributed by atoms with E-state index in [0.717, 1.165) is 22.4 Å². The van der Waals surface area contributed by atoms with Gasteiger partial charge in [0.1, 0.15) is 11.5 Å². The van der Waals surface area contributed by atoms with Crippen molar-refractivity contribution >= 4 is 40.5 Å². The van der Waals surface area contributed by atoms with Gasteiger partial charge >= 0.3 is 0 Å². The minimum Gasteiger partial charge on any atom is -0.455 e. The summed E-state index contributed by atoms with van der Waals surface area (Å²) in [5, 5.41) is 26.1. The van der Waals surface area contributed by atoms with E-state index >= 15 is 0 Å². The molecule has 0 fully saturated rings. The molecule has 36 heavy (non-hydrogen) atoms. The summed E-state index contributed by atoms with van der Waals surface area (Å²) >= 11 is 0. The number of nitrogens with one attached hydrogen (secondary N) is 2. The molecule has 0 unspecified atom stereocenters. The topological polar surface area (TPSA) is 157 Å². The van der Waals surface area contributed by atoms with E-state index in [1.54, 1.807) is 31.2 Å². The molecule has 0 saturated carbocycles. The summed E-state index contributed by atoms with van der Waals surface area (Å²) in [6.45, 7) is 5.71. The molecule has 2 N–H and O–H groups in total. The number of rotatable bonds is 7. The molecule has 0 atom stereocenters. The van der Waals surface area contributed by atoms with Crippen molar-refractivity contribution in [3.63, 3.8) is 0 Å². The summed E-state index contributed by atoms with van der Waals surface area (Å²) in [5.74, 6) is 1.73. The van der Waals surface area contributed by atoms with E-state index in [1.165, 1.54) is 12.3 Å². The average Bonchev–Trinajstić information content (AvgIpc) is 3.51. The van der Waals surface area contributed by atoms with Crippen LogP contribution in [0.2, 0.25) is 0 Å². The van der Waals surface area contributed by atoms with Crippen LogP contribution in [0.4, 0.5) is 23.0 Å². The number of anilines is 3. The highest BCUT2D eigenvalue weighted by molar-refractivity contribution is 5.80. The molecule has 0 aliphatic rings. The summed E-state index contributed by atoms with van der Waals surface area (Å²) in [6.07, 6.45) is 1.48. The van der Waals surface area contributed by atoms with E-state index in [1.807, 2.05) is 32.0 Å². The second-order valence-electron chi connectivity index (χ2n) is 8.04. The molecule has 180 valence electrons. The van der Waals surface area contributed by atoms with Crippen LogP contribution in [0.15, 0.2) is 62.7 Å². The third kappa shape index (κ3) is 4.46. The first-order chi connectivity index (χ1) is 17.4. The Kier molecular flexibility index (Phi) is 5.82. The maximum Gasteiger partial charge on any atom is 0.272 e. The van der Waals surface area contributed by atoms with Crippen LogP contribution in [0, 0.1) is 30.9 Å². The zero-order chi connectivity index (χ0) is 25.2. The molecular weight excluding hydrogens is 464 g/mol. The van der Waals surface area contributed by atoms with Crippen molar-refractivity contribution in [1.29, 1.82) is 0 Å². The van der Waals surface area contributed by atoms with Crippen LogP contribution < -0.4 is 10.7 Å². The molecule has 0 amide bonds. The van der Waals surface area contributed by atoms with E-state index in [0.29, 0.717) is 28.7 Å². The summed E-state index contributed by atoms with van der Waals surface area (Å²) < 4.78 is 10.6. The van der Waals surface area contributed by atoms with Crippen molar-refractivity contribution in [1.82, 2.24) is 20.3 Å². The second kappa shape index (κ2) is 9.25. The van der Waals surface area contributed by atoms with E-state index < -0.39 is 4.92 Å². The van der Waals surface area contributed by atoms with Crippen LogP contribution >= 0.6 is 0 Å². The second-order valence-corrected chi connectivity index (χ2v) is 8.04. The largest absolute Gasteiger partial charge is 0.455 e. The van der Waals surface area contributed by atoms with Gasteiger partial charge in [-0.25, -0.2) is 9.61 Å². The van der Waals surface area contributed by atoms with Crippen molar-refractivity contribution in [2.45, 2.75) is 20.8 Å². The molecule has 0 aliphatic carbocycles. The van der Waals surface area contributed by atoms with Crippen LogP contribution in [0.25, 0.3) is 22.6 Å². The van der Waals surface area contributed by atoms with Gasteiger partial charge in [-0.2, -0.15) is 10.1 Å². The van der Waals surface area contributed by atoms with Crippen molar-refractivity contribution < 1.29 is 14.0 Å². The fraction of sp³-hybridized carbons (Fsp3) is 0.125. The van der Waals surface area contributed by atoms with Gasteiger partial charge in [0.15, 0.2) is 11.6 Å². The fourth-order valence-corrected chi connectivity index (χ4v) is 3.57. The summed E-state index contributed by atoms with van der Waals surface area (Å²) in [4.78, 5) is 19.5. The lowest BCUT2D eigenvalue weighted by Gasteiger charge is -2.12. The zero-order valence-electron chi connectivity index (χ0n) is 19.5. The number of nitrogens with zero attached hydrogens (tertiary/aromatic N) is 6. The molecule has 2 aromatic carbocycles. The molecule has 3 heterocycles. The van der Waals surface area contributed by atoms with Gasteiger partial charge in [-0.15, -0.1) is 0 Å². The molecule has 0 spiro atoms. The Balaban J connectivity index is 1.38. The highest BCUT2D eigenvalue weighted by Crippen LogP contribution is 2.28. The van der Waals surface area contributed by atoms with E-state index in [9.17, 15) is 10.1 Å². The Morgan fingerprint density at radius 1 is 0.972 bits per heavy atom. The number of furan rings is 1. The third-order valence-corrected chi connectivity index (χ3v) is 5.64. The molecule has 12 heteroatoms. The Labute approximate surface area is 204 Å². The summed E-state index contributed by atoms with van der Waals surface area (Å²) in [6, 6.07) is 14.2. The van der Waals surface area contributed by atoms with Crippen LogP contribution in [0.5, 0.6) is 0 Å². The molecule has 0 bridgehead atoms. The molecule has 5 rings (SSSR count). The number of hydrogen-bond donors (Lipinski definition) is 2. The van der Waals surface area contributed by atoms with Crippen molar-refractivity contribution in [3.05, 3.63) is 81.1 Å². The first-order valence-electron chi connectivity index (χ1n) is 10.9. The molecule has 0 aliphatic heterocycles.